The second-order valence-corrected chi connectivity index (χ2v) is 7.82. The lowest BCUT2D eigenvalue weighted by Crippen LogP contribution is -2.55. The fraction of sp³-hybridized carbons (Fsp3) is 0.579. The molecule has 0 aromatic heterocycles. The van der Waals surface area contributed by atoms with Gasteiger partial charge in [-0.2, -0.15) is 0 Å². The number of ether oxygens (including phenoxy) is 1. The van der Waals surface area contributed by atoms with Crippen LogP contribution in [-0.2, 0) is 20.9 Å². The third kappa shape index (κ3) is 4.02. The molecule has 3 atom stereocenters. The number of nitrogens with zero attached hydrogens (tertiary/aromatic N) is 1. The zero-order valence-electron chi connectivity index (χ0n) is 14.6. The number of hydrogen-bond acceptors (Lipinski definition) is 5. The quantitative estimate of drug-likeness (QED) is 0.856. The molecule has 0 amide bonds. The van der Waals surface area contributed by atoms with Gasteiger partial charge in [0.15, 0.2) is 0 Å². The number of benzene rings is 1. The van der Waals surface area contributed by atoms with Crippen LogP contribution in [0.5, 0.6) is 0 Å². The Balaban J connectivity index is 1.62. The van der Waals surface area contributed by atoms with Gasteiger partial charge in [0.25, 0.3) is 0 Å². The molecular weight excluding hydrogens is 304 g/mol. The lowest BCUT2D eigenvalue weighted by atomic mass is 9.88. The highest BCUT2D eigenvalue weighted by Crippen LogP contribution is 2.27. The summed E-state index contributed by atoms with van der Waals surface area (Å²) in [5, 5.41) is 3.35. The predicted molar refractivity (Wildman–Crippen MR) is 91.4 cm³/mol. The van der Waals surface area contributed by atoms with Crippen molar-refractivity contribution in [3.8, 4) is 0 Å². The summed E-state index contributed by atoms with van der Waals surface area (Å²) in [7, 11) is 0. The molecule has 5 nitrogen and oxygen atoms in total. The molecule has 3 unspecified atom stereocenters. The number of hydrogen-bond donors (Lipinski definition) is 1. The number of carbonyl (C=O) groups excluding carboxylic acids is 2. The van der Waals surface area contributed by atoms with Gasteiger partial charge in [-0.1, -0.05) is 30.3 Å². The van der Waals surface area contributed by atoms with Gasteiger partial charge >= 0.3 is 5.97 Å². The number of rotatable bonds is 3. The molecule has 2 fully saturated rings. The number of piperidine rings is 1. The largest absolute Gasteiger partial charge is 0.459 e. The molecule has 24 heavy (non-hydrogen) atoms. The third-order valence-electron chi connectivity index (χ3n) is 4.57. The first-order chi connectivity index (χ1) is 11.3. The topological polar surface area (TPSA) is 58.6 Å². The van der Waals surface area contributed by atoms with Crippen molar-refractivity contribution in [3.63, 3.8) is 0 Å². The van der Waals surface area contributed by atoms with E-state index in [2.05, 4.69) is 22.3 Å². The minimum atomic E-state index is -0.534. The summed E-state index contributed by atoms with van der Waals surface area (Å²) in [6, 6.07) is 9.77. The minimum Gasteiger partial charge on any atom is -0.459 e. The molecule has 130 valence electrons. The van der Waals surface area contributed by atoms with Gasteiger partial charge in [-0.3, -0.25) is 19.8 Å². The van der Waals surface area contributed by atoms with Crippen molar-refractivity contribution in [2.24, 2.45) is 5.92 Å². The highest BCUT2D eigenvalue weighted by molar-refractivity contribution is 5.90. The van der Waals surface area contributed by atoms with Crippen molar-refractivity contribution in [2.45, 2.75) is 51.4 Å². The van der Waals surface area contributed by atoms with E-state index in [1.165, 1.54) is 5.56 Å². The normalized spacial score (nSPS) is 27.8. The molecule has 0 radical (unpaired) electrons. The average molecular weight is 330 g/mol. The Hall–Kier alpha value is -1.72. The maximum atomic E-state index is 12.5. The first-order valence-electron chi connectivity index (χ1n) is 8.60. The Morgan fingerprint density at radius 3 is 2.62 bits per heavy atom. The molecule has 2 aliphatic heterocycles. The Morgan fingerprint density at radius 1 is 1.25 bits per heavy atom. The number of ketones is 1. The van der Waals surface area contributed by atoms with E-state index in [0.29, 0.717) is 0 Å². The number of esters is 1. The van der Waals surface area contributed by atoms with Gasteiger partial charge in [-0.25, -0.2) is 0 Å². The molecule has 1 N–H and O–H groups in total. The molecule has 1 aromatic rings. The number of fused-ring (bicyclic) bond motifs is 1. The summed E-state index contributed by atoms with van der Waals surface area (Å²) in [5.74, 6) is -0.173. The maximum Gasteiger partial charge on any atom is 0.324 e. The molecule has 0 spiro atoms. The van der Waals surface area contributed by atoms with E-state index >= 15 is 0 Å². The van der Waals surface area contributed by atoms with Crippen molar-refractivity contribution in [1.82, 2.24) is 10.2 Å². The maximum absolute atomic E-state index is 12.5. The van der Waals surface area contributed by atoms with Gasteiger partial charge in [0.1, 0.15) is 17.4 Å². The molecule has 1 aromatic carbocycles. The van der Waals surface area contributed by atoms with E-state index in [1.807, 2.05) is 39.0 Å². The van der Waals surface area contributed by atoms with Crippen LogP contribution < -0.4 is 5.32 Å². The minimum absolute atomic E-state index is 0.0209. The van der Waals surface area contributed by atoms with Crippen molar-refractivity contribution < 1.29 is 14.3 Å². The summed E-state index contributed by atoms with van der Waals surface area (Å²) in [6.45, 7) is 7.90. The molecule has 2 saturated heterocycles. The summed E-state index contributed by atoms with van der Waals surface area (Å²) in [4.78, 5) is 27.0. The van der Waals surface area contributed by atoms with E-state index in [-0.39, 0.29) is 30.1 Å². The summed E-state index contributed by atoms with van der Waals surface area (Å²) >= 11 is 0. The van der Waals surface area contributed by atoms with Crippen molar-refractivity contribution in [1.29, 1.82) is 0 Å². The SMILES string of the molecule is CC(C)(C)OC(=O)C1CC(=O)C2CN(Cc3ccccc3)CC2N1. The third-order valence-corrected chi connectivity index (χ3v) is 4.57. The zero-order chi connectivity index (χ0) is 17.3. The fourth-order valence-electron chi connectivity index (χ4n) is 3.55. The molecule has 3 rings (SSSR count). The summed E-state index contributed by atoms with van der Waals surface area (Å²) < 4.78 is 5.43. The van der Waals surface area contributed by atoms with Crippen LogP contribution in [0.15, 0.2) is 30.3 Å². The molecule has 0 bridgehead atoms. The van der Waals surface area contributed by atoms with Gasteiger partial charge in [0.05, 0.1) is 0 Å². The summed E-state index contributed by atoms with van der Waals surface area (Å²) in [6.07, 6.45) is 0.231. The van der Waals surface area contributed by atoms with Crippen LogP contribution in [0.25, 0.3) is 0 Å². The highest BCUT2D eigenvalue weighted by Gasteiger charge is 2.45. The lowest BCUT2D eigenvalue weighted by Gasteiger charge is -2.32. The zero-order valence-corrected chi connectivity index (χ0v) is 14.6. The molecule has 0 saturated carbocycles. The predicted octanol–water partition coefficient (Wildman–Crippen LogP) is 1.76. The highest BCUT2D eigenvalue weighted by atomic mass is 16.6. The van der Waals surface area contributed by atoms with Gasteiger partial charge in [-0.15, -0.1) is 0 Å². The van der Waals surface area contributed by atoms with E-state index in [4.69, 9.17) is 4.74 Å². The monoisotopic (exact) mass is 330 g/mol. The van der Waals surface area contributed by atoms with Gasteiger partial charge < -0.3 is 4.74 Å². The van der Waals surface area contributed by atoms with Crippen LogP contribution in [0.3, 0.4) is 0 Å². The molecule has 2 aliphatic rings. The smallest absolute Gasteiger partial charge is 0.324 e. The molecule has 0 aliphatic carbocycles. The van der Waals surface area contributed by atoms with E-state index in [9.17, 15) is 9.59 Å². The van der Waals surface area contributed by atoms with Crippen molar-refractivity contribution >= 4 is 11.8 Å². The first kappa shape index (κ1) is 17.1. The van der Waals surface area contributed by atoms with Gasteiger partial charge in [0.2, 0.25) is 0 Å². The van der Waals surface area contributed by atoms with E-state index in [1.54, 1.807) is 0 Å². The molecular formula is C19H26N2O3. The Kier molecular flexibility index (Phi) is 4.74. The van der Waals surface area contributed by atoms with Gasteiger partial charge in [0, 0.05) is 38.0 Å². The fourth-order valence-corrected chi connectivity index (χ4v) is 3.55. The van der Waals surface area contributed by atoms with Crippen LogP contribution >= 0.6 is 0 Å². The Morgan fingerprint density at radius 2 is 1.96 bits per heavy atom. The molecule has 5 heteroatoms. The summed E-state index contributed by atoms with van der Waals surface area (Å²) in [5.41, 5.74) is 0.709. The van der Waals surface area contributed by atoms with Gasteiger partial charge in [-0.05, 0) is 26.3 Å². The van der Waals surface area contributed by atoms with Crippen LogP contribution in [0, 0.1) is 5.92 Å². The number of nitrogens with one attached hydrogen (secondary N) is 1. The Bertz CT molecular complexity index is 609. The van der Waals surface area contributed by atoms with E-state index < -0.39 is 11.6 Å². The van der Waals surface area contributed by atoms with Crippen LogP contribution in [-0.4, -0.2) is 47.4 Å². The second-order valence-electron chi connectivity index (χ2n) is 7.82. The van der Waals surface area contributed by atoms with Crippen LogP contribution in [0.4, 0.5) is 0 Å². The second kappa shape index (κ2) is 6.65. The van der Waals surface area contributed by atoms with Crippen LogP contribution in [0.2, 0.25) is 0 Å². The van der Waals surface area contributed by atoms with E-state index in [0.717, 1.165) is 19.6 Å². The van der Waals surface area contributed by atoms with Crippen molar-refractivity contribution in [3.05, 3.63) is 35.9 Å². The standard InChI is InChI=1S/C19H26N2O3/c1-19(2,3)24-18(23)15-9-17(22)14-11-21(12-16(14)20-15)10-13-7-5-4-6-8-13/h4-8,14-16,20H,9-12H2,1-3H3. The number of likely N-dealkylation sites (tertiary alicyclic amines) is 1. The van der Waals surface area contributed by atoms with Crippen LogP contribution in [0.1, 0.15) is 32.8 Å². The Labute approximate surface area is 143 Å². The first-order valence-corrected chi connectivity index (χ1v) is 8.60. The molecule has 2 heterocycles. The average Bonchev–Trinajstić information content (AvgIpc) is 2.89. The number of Topliss-reactive ketones (excluding diaryl/α,β-unsaturated/α-hetero) is 1. The van der Waals surface area contributed by atoms with Crippen molar-refractivity contribution in [2.75, 3.05) is 13.1 Å². The number of carbonyl (C=O) groups is 2. The lowest BCUT2D eigenvalue weighted by molar-refractivity contribution is -0.160.